The first-order valence-corrected chi connectivity index (χ1v) is 6.77. The van der Waals surface area contributed by atoms with Gasteiger partial charge in [-0.3, -0.25) is 4.79 Å². The van der Waals surface area contributed by atoms with Gasteiger partial charge in [-0.2, -0.15) is 0 Å². The van der Waals surface area contributed by atoms with Crippen molar-refractivity contribution in [3.63, 3.8) is 0 Å². The van der Waals surface area contributed by atoms with Crippen molar-refractivity contribution in [1.82, 2.24) is 0 Å². The van der Waals surface area contributed by atoms with E-state index in [1.807, 2.05) is 24.3 Å². The molecule has 1 aliphatic rings. The molecule has 1 amide bonds. The molecule has 1 N–H and O–H groups in total. The molecule has 90 valence electrons. The minimum atomic E-state index is 0.0838. The molecule has 0 saturated carbocycles. The first-order chi connectivity index (χ1) is 8.24. The Morgan fingerprint density at radius 2 is 2.00 bits per heavy atom. The molecule has 0 unspecified atom stereocenters. The zero-order valence-corrected chi connectivity index (χ0v) is 11.3. The number of allylic oxidation sites excluding steroid dienone is 1. The summed E-state index contributed by atoms with van der Waals surface area (Å²) in [6, 6.07) is 7.65. The van der Waals surface area contributed by atoms with Crippen molar-refractivity contribution in [2.24, 2.45) is 0 Å². The van der Waals surface area contributed by atoms with E-state index >= 15 is 0 Å². The summed E-state index contributed by atoms with van der Waals surface area (Å²) in [5, 5.41) is 2.92. The van der Waals surface area contributed by atoms with Crippen LogP contribution in [0.25, 0.3) is 0 Å². The molecule has 1 aromatic rings. The number of nitrogens with one attached hydrogen (secondary N) is 1. The van der Waals surface area contributed by atoms with E-state index in [2.05, 4.69) is 27.3 Å². The zero-order valence-electron chi connectivity index (χ0n) is 9.71. The molecule has 0 atom stereocenters. The standard InChI is InChI=1S/C14H16BrNO/c15-12-6-8-13(9-7-12)16-14(17)10-11-4-2-1-3-5-11/h4,6-9H,1-3,5,10H2,(H,16,17). The van der Waals surface area contributed by atoms with Crippen molar-refractivity contribution in [2.75, 3.05) is 5.32 Å². The third-order valence-electron chi connectivity index (χ3n) is 2.90. The molecule has 2 nitrogen and oxygen atoms in total. The lowest BCUT2D eigenvalue weighted by Crippen LogP contribution is -2.12. The van der Waals surface area contributed by atoms with Crippen molar-refractivity contribution in [2.45, 2.75) is 32.1 Å². The van der Waals surface area contributed by atoms with Crippen LogP contribution in [0.3, 0.4) is 0 Å². The molecule has 3 heteroatoms. The van der Waals surface area contributed by atoms with Crippen molar-refractivity contribution < 1.29 is 4.79 Å². The van der Waals surface area contributed by atoms with Crippen LogP contribution in [0.1, 0.15) is 32.1 Å². The highest BCUT2D eigenvalue weighted by molar-refractivity contribution is 9.10. The van der Waals surface area contributed by atoms with Crippen LogP contribution in [0.2, 0.25) is 0 Å². The minimum Gasteiger partial charge on any atom is -0.326 e. The minimum absolute atomic E-state index is 0.0838. The third kappa shape index (κ3) is 4.00. The number of rotatable bonds is 3. The molecule has 0 radical (unpaired) electrons. The summed E-state index contributed by atoms with van der Waals surface area (Å²) in [6.45, 7) is 0. The molecule has 0 saturated heterocycles. The highest BCUT2D eigenvalue weighted by Gasteiger charge is 2.09. The SMILES string of the molecule is O=C(CC1=CCCCC1)Nc1ccc(Br)cc1. The molecule has 0 fully saturated rings. The van der Waals surface area contributed by atoms with Crippen LogP contribution in [0.15, 0.2) is 40.4 Å². The van der Waals surface area contributed by atoms with Crippen molar-refractivity contribution in [3.8, 4) is 0 Å². The highest BCUT2D eigenvalue weighted by Crippen LogP contribution is 2.21. The first-order valence-electron chi connectivity index (χ1n) is 5.97. The van der Waals surface area contributed by atoms with E-state index in [1.165, 1.54) is 18.4 Å². The monoisotopic (exact) mass is 293 g/mol. The van der Waals surface area contributed by atoms with Gasteiger partial charge in [-0.25, -0.2) is 0 Å². The third-order valence-corrected chi connectivity index (χ3v) is 3.43. The quantitative estimate of drug-likeness (QED) is 0.828. The van der Waals surface area contributed by atoms with Gasteiger partial charge < -0.3 is 5.32 Å². The van der Waals surface area contributed by atoms with E-state index < -0.39 is 0 Å². The molecule has 0 heterocycles. The van der Waals surface area contributed by atoms with Gasteiger partial charge in [0.25, 0.3) is 0 Å². The second-order valence-corrected chi connectivity index (χ2v) is 5.26. The lowest BCUT2D eigenvalue weighted by molar-refractivity contribution is -0.115. The molecule has 17 heavy (non-hydrogen) atoms. The summed E-state index contributed by atoms with van der Waals surface area (Å²) in [7, 11) is 0. The van der Waals surface area contributed by atoms with Crippen LogP contribution in [-0.2, 0) is 4.79 Å². The number of benzene rings is 1. The maximum absolute atomic E-state index is 11.8. The van der Waals surface area contributed by atoms with Crippen LogP contribution >= 0.6 is 15.9 Å². The van der Waals surface area contributed by atoms with Crippen LogP contribution in [-0.4, -0.2) is 5.91 Å². The summed E-state index contributed by atoms with van der Waals surface area (Å²) >= 11 is 3.37. The lowest BCUT2D eigenvalue weighted by Gasteiger charge is -2.12. The normalized spacial score (nSPS) is 15.2. The van der Waals surface area contributed by atoms with Crippen molar-refractivity contribution >= 4 is 27.5 Å². The second-order valence-electron chi connectivity index (χ2n) is 4.34. The number of anilines is 1. The fourth-order valence-electron chi connectivity index (χ4n) is 2.01. The van der Waals surface area contributed by atoms with Crippen LogP contribution in [0.5, 0.6) is 0 Å². The van der Waals surface area contributed by atoms with Crippen LogP contribution in [0.4, 0.5) is 5.69 Å². The van der Waals surface area contributed by atoms with Gasteiger partial charge in [0.05, 0.1) is 0 Å². The number of hydrogen-bond donors (Lipinski definition) is 1. The number of amides is 1. The van der Waals surface area contributed by atoms with Crippen LogP contribution in [0, 0.1) is 0 Å². The molecular weight excluding hydrogens is 278 g/mol. The van der Waals surface area contributed by atoms with Gasteiger partial charge in [-0.1, -0.05) is 27.6 Å². The van der Waals surface area contributed by atoms with Gasteiger partial charge in [0.1, 0.15) is 0 Å². The Morgan fingerprint density at radius 1 is 1.24 bits per heavy atom. The van der Waals surface area contributed by atoms with Crippen molar-refractivity contribution in [3.05, 3.63) is 40.4 Å². The molecule has 0 spiro atoms. The molecule has 1 aliphatic carbocycles. The van der Waals surface area contributed by atoms with E-state index in [9.17, 15) is 4.79 Å². The van der Waals surface area contributed by atoms with E-state index in [0.717, 1.165) is 23.0 Å². The fourth-order valence-corrected chi connectivity index (χ4v) is 2.27. The van der Waals surface area contributed by atoms with E-state index in [1.54, 1.807) is 0 Å². The average molecular weight is 294 g/mol. The summed E-state index contributed by atoms with van der Waals surface area (Å²) in [6.07, 6.45) is 7.44. The fraction of sp³-hybridized carbons (Fsp3) is 0.357. The van der Waals surface area contributed by atoms with Gasteiger partial charge in [-0.05, 0) is 49.9 Å². The maximum atomic E-state index is 11.8. The predicted molar refractivity (Wildman–Crippen MR) is 73.9 cm³/mol. The van der Waals surface area contributed by atoms with Gasteiger partial charge >= 0.3 is 0 Å². The van der Waals surface area contributed by atoms with E-state index in [4.69, 9.17) is 0 Å². The smallest absolute Gasteiger partial charge is 0.228 e. The number of carbonyl (C=O) groups is 1. The van der Waals surface area contributed by atoms with Gasteiger partial charge in [0.15, 0.2) is 0 Å². The van der Waals surface area contributed by atoms with E-state index in [0.29, 0.717) is 6.42 Å². The summed E-state index contributed by atoms with van der Waals surface area (Å²) in [5.74, 6) is 0.0838. The molecule has 0 aliphatic heterocycles. The molecule has 0 bridgehead atoms. The Hall–Kier alpha value is -1.09. The van der Waals surface area contributed by atoms with Crippen molar-refractivity contribution in [1.29, 1.82) is 0 Å². The maximum Gasteiger partial charge on any atom is 0.228 e. The van der Waals surface area contributed by atoms with E-state index in [-0.39, 0.29) is 5.91 Å². The molecule has 2 rings (SSSR count). The number of hydrogen-bond acceptors (Lipinski definition) is 1. The summed E-state index contributed by atoms with van der Waals surface area (Å²) in [5.41, 5.74) is 2.14. The zero-order chi connectivity index (χ0) is 12.1. The van der Waals surface area contributed by atoms with Crippen LogP contribution < -0.4 is 5.32 Å². The topological polar surface area (TPSA) is 29.1 Å². The van der Waals surface area contributed by atoms with Gasteiger partial charge in [0.2, 0.25) is 5.91 Å². The molecule has 0 aromatic heterocycles. The Balaban J connectivity index is 1.88. The predicted octanol–water partition coefficient (Wildman–Crippen LogP) is 4.28. The Morgan fingerprint density at radius 3 is 2.65 bits per heavy atom. The van der Waals surface area contributed by atoms with Gasteiger partial charge in [0, 0.05) is 16.6 Å². The highest BCUT2D eigenvalue weighted by atomic mass is 79.9. The first kappa shape index (κ1) is 12.4. The van der Waals surface area contributed by atoms with Gasteiger partial charge in [-0.15, -0.1) is 0 Å². The Bertz CT molecular complexity index is 422. The number of carbonyl (C=O) groups excluding carboxylic acids is 1. The molecule has 1 aromatic carbocycles. The Kier molecular flexibility index (Phi) is 4.37. The molecular formula is C14H16BrNO. The Labute approximate surface area is 110 Å². The number of halogens is 1. The second kappa shape index (κ2) is 6.01. The summed E-state index contributed by atoms with van der Waals surface area (Å²) < 4.78 is 1.02. The lowest BCUT2D eigenvalue weighted by atomic mass is 9.97. The average Bonchev–Trinajstić information content (AvgIpc) is 2.33. The largest absolute Gasteiger partial charge is 0.326 e. The summed E-state index contributed by atoms with van der Waals surface area (Å²) in [4.78, 5) is 11.8.